The van der Waals surface area contributed by atoms with Crippen molar-refractivity contribution in [3.05, 3.63) is 41.3 Å². The van der Waals surface area contributed by atoms with Crippen LogP contribution >= 0.6 is 11.3 Å². The van der Waals surface area contributed by atoms with Gasteiger partial charge in [-0.3, -0.25) is 4.79 Å². The van der Waals surface area contributed by atoms with Crippen LogP contribution in [0, 0.1) is 0 Å². The number of rotatable bonds is 4. The standard InChI is InChI=1S/C21H25N3O2S/c25-21(23-18-13-15-3-6-17(18)22-15)20-8-7-19(27-20)14-1-4-16(5-2-14)24-9-11-26-12-10-24/h1-2,4-5,7-8,15,17-18,22H,3,6,9-13H2,(H,23,25)/t15-,17+,18-/m1/s1. The predicted molar refractivity (Wildman–Crippen MR) is 109 cm³/mol. The summed E-state index contributed by atoms with van der Waals surface area (Å²) in [5, 5.41) is 6.81. The van der Waals surface area contributed by atoms with Gasteiger partial charge in [0.25, 0.3) is 5.91 Å². The highest BCUT2D eigenvalue weighted by atomic mass is 32.1. The molecule has 3 saturated heterocycles. The number of morpholine rings is 1. The Morgan fingerprint density at radius 1 is 1.11 bits per heavy atom. The maximum Gasteiger partial charge on any atom is 0.261 e. The maximum absolute atomic E-state index is 12.6. The summed E-state index contributed by atoms with van der Waals surface area (Å²) in [6, 6.07) is 14.0. The van der Waals surface area contributed by atoms with Gasteiger partial charge in [-0.2, -0.15) is 0 Å². The number of nitrogens with one attached hydrogen (secondary N) is 2. The first-order valence-electron chi connectivity index (χ1n) is 9.86. The fourth-order valence-electron chi connectivity index (χ4n) is 4.50. The van der Waals surface area contributed by atoms with Gasteiger partial charge in [0.05, 0.1) is 18.1 Å². The molecule has 5 rings (SSSR count). The molecule has 0 radical (unpaired) electrons. The minimum atomic E-state index is 0.0653. The molecule has 1 aromatic heterocycles. The quantitative estimate of drug-likeness (QED) is 0.853. The predicted octanol–water partition coefficient (Wildman–Crippen LogP) is 2.87. The van der Waals surface area contributed by atoms with Crippen molar-refractivity contribution in [3.8, 4) is 10.4 Å². The topological polar surface area (TPSA) is 53.6 Å². The summed E-state index contributed by atoms with van der Waals surface area (Å²) >= 11 is 1.57. The van der Waals surface area contributed by atoms with E-state index in [4.69, 9.17) is 4.74 Å². The third-order valence-corrected chi connectivity index (χ3v) is 7.11. The SMILES string of the molecule is O=C(N[C@@H]1C[C@H]2CC[C@@H]1N2)c1ccc(-c2ccc(N3CCOCC3)cc2)s1. The lowest BCUT2D eigenvalue weighted by atomic mass is 9.95. The Hall–Kier alpha value is -1.89. The van der Waals surface area contributed by atoms with E-state index in [0.717, 1.165) is 48.0 Å². The van der Waals surface area contributed by atoms with Crippen LogP contribution in [0.3, 0.4) is 0 Å². The van der Waals surface area contributed by atoms with E-state index in [1.807, 2.05) is 6.07 Å². The lowest BCUT2D eigenvalue weighted by molar-refractivity contribution is 0.0935. The Morgan fingerprint density at radius 3 is 2.63 bits per heavy atom. The molecule has 1 aromatic carbocycles. The minimum Gasteiger partial charge on any atom is -0.378 e. The van der Waals surface area contributed by atoms with Crippen molar-refractivity contribution in [1.82, 2.24) is 10.6 Å². The lowest BCUT2D eigenvalue weighted by Gasteiger charge is -2.28. The molecule has 4 heterocycles. The molecular weight excluding hydrogens is 358 g/mol. The summed E-state index contributed by atoms with van der Waals surface area (Å²) in [4.78, 5) is 16.9. The molecule has 0 saturated carbocycles. The third-order valence-electron chi connectivity index (χ3n) is 5.97. The number of thiophene rings is 1. The molecule has 142 valence electrons. The van der Waals surface area contributed by atoms with E-state index in [-0.39, 0.29) is 11.9 Å². The molecular formula is C21H25N3O2S. The zero-order chi connectivity index (χ0) is 18.2. The van der Waals surface area contributed by atoms with E-state index in [0.29, 0.717) is 12.1 Å². The number of ether oxygens (including phenoxy) is 1. The fourth-order valence-corrected chi connectivity index (χ4v) is 5.41. The molecule has 2 bridgehead atoms. The first-order valence-corrected chi connectivity index (χ1v) is 10.7. The molecule has 0 aliphatic carbocycles. The van der Waals surface area contributed by atoms with Crippen LogP contribution < -0.4 is 15.5 Å². The minimum absolute atomic E-state index is 0.0653. The first kappa shape index (κ1) is 17.2. The highest BCUT2D eigenvalue weighted by molar-refractivity contribution is 7.17. The van der Waals surface area contributed by atoms with Gasteiger partial charge in [-0.1, -0.05) is 12.1 Å². The first-order chi connectivity index (χ1) is 13.3. The summed E-state index contributed by atoms with van der Waals surface area (Å²) in [5.41, 5.74) is 2.40. The number of benzene rings is 1. The molecule has 6 heteroatoms. The number of amides is 1. The molecule has 5 nitrogen and oxygen atoms in total. The molecule has 1 amide bonds. The van der Waals surface area contributed by atoms with Crippen LogP contribution in [0.25, 0.3) is 10.4 Å². The van der Waals surface area contributed by atoms with E-state index in [2.05, 4.69) is 45.9 Å². The van der Waals surface area contributed by atoms with Gasteiger partial charge in [-0.25, -0.2) is 0 Å². The zero-order valence-electron chi connectivity index (χ0n) is 15.3. The van der Waals surface area contributed by atoms with Gasteiger partial charge in [-0.05, 0) is 49.1 Å². The van der Waals surface area contributed by atoms with Gasteiger partial charge < -0.3 is 20.3 Å². The van der Waals surface area contributed by atoms with Crippen molar-refractivity contribution >= 4 is 22.9 Å². The smallest absolute Gasteiger partial charge is 0.261 e. The number of nitrogens with zero attached hydrogens (tertiary/aromatic N) is 1. The Bertz CT molecular complexity index is 813. The van der Waals surface area contributed by atoms with Crippen molar-refractivity contribution < 1.29 is 9.53 Å². The molecule has 27 heavy (non-hydrogen) atoms. The number of anilines is 1. The van der Waals surface area contributed by atoms with Crippen molar-refractivity contribution in [2.45, 2.75) is 37.4 Å². The second-order valence-electron chi connectivity index (χ2n) is 7.67. The fraction of sp³-hybridized carbons (Fsp3) is 0.476. The van der Waals surface area contributed by atoms with E-state index in [1.54, 1.807) is 11.3 Å². The van der Waals surface area contributed by atoms with Gasteiger partial charge >= 0.3 is 0 Å². The van der Waals surface area contributed by atoms with Crippen LogP contribution in [0.4, 0.5) is 5.69 Å². The summed E-state index contributed by atoms with van der Waals surface area (Å²) in [6.07, 6.45) is 3.50. The number of carbonyl (C=O) groups is 1. The molecule has 3 atom stereocenters. The van der Waals surface area contributed by atoms with E-state index >= 15 is 0 Å². The number of carbonyl (C=O) groups excluding carboxylic acids is 1. The van der Waals surface area contributed by atoms with Gasteiger partial charge in [0.1, 0.15) is 0 Å². The summed E-state index contributed by atoms with van der Waals surface area (Å²) in [5.74, 6) is 0.0653. The largest absolute Gasteiger partial charge is 0.378 e. The normalized spacial score (nSPS) is 27.1. The Balaban J connectivity index is 1.25. The van der Waals surface area contributed by atoms with Crippen LogP contribution in [0.15, 0.2) is 36.4 Å². The molecule has 0 spiro atoms. The monoisotopic (exact) mass is 383 g/mol. The Morgan fingerprint density at radius 2 is 1.93 bits per heavy atom. The van der Waals surface area contributed by atoms with Gasteiger partial charge in [-0.15, -0.1) is 11.3 Å². The maximum atomic E-state index is 12.6. The average molecular weight is 384 g/mol. The van der Waals surface area contributed by atoms with Crippen molar-refractivity contribution in [2.75, 3.05) is 31.2 Å². The number of fused-ring (bicyclic) bond motifs is 2. The van der Waals surface area contributed by atoms with Crippen molar-refractivity contribution in [2.24, 2.45) is 0 Å². The molecule has 0 unspecified atom stereocenters. The van der Waals surface area contributed by atoms with Gasteiger partial charge in [0.15, 0.2) is 0 Å². The number of hydrogen-bond donors (Lipinski definition) is 2. The zero-order valence-corrected chi connectivity index (χ0v) is 16.1. The van der Waals surface area contributed by atoms with E-state index < -0.39 is 0 Å². The Kier molecular flexibility index (Phi) is 4.63. The third kappa shape index (κ3) is 3.49. The molecule has 3 aliphatic heterocycles. The van der Waals surface area contributed by atoms with Crippen molar-refractivity contribution in [3.63, 3.8) is 0 Å². The van der Waals surface area contributed by atoms with Crippen LogP contribution in [0.1, 0.15) is 28.9 Å². The molecule has 3 fully saturated rings. The summed E-state index contributed by atoms with van der Waals surface area (Å²) < 4.78 is 5.42. The van der Waals surface area contributed by atoms with Crippen molar-refractivity contribution in [1.29, 1.82) is 0 Å². The lowest BCUT2D eigenvalue weighted by Crippen LogP contribution is -2.42. The second-order valence-corrected chi connectivity index (χ2v) is 8.76. The molecule has 3 aliphatic rings. The molecule has 2 N–H and O–H groups in total. The second kappa shape index (κ2) is 7.26. The van der Waals surface area contributed by atoms with Crippen LogP contribution in [0.5, 0.6) is 0 Å². The van der Waals surface area contributed by atoms with E-state index in [9.17, 15) is 4.79 Å². The highest BCUT2D eigenvalue weighted by Crippen LogP contribution is 2.31. The van der Waals surface area contributed by atoms with Gasteiger partial charge in [0.2, 0.25) is 0 Å². The molecule has 2 aromatic rings. The van der Waals surface area contributed by atoms with Gasteiger partial charge in [0, 0.05) is 41.8 Å². The summed E-state index contributed by atoms with van der Waals surface area (Å²) in [7, 11) is 0. The Labute approximate surface area is 163 Å². The van der Waals surface area contributed by atoms with Crippen LogP contribution in [-0.4, -0.2) is 50.3 Å². The highest BCUT2D eigenvalue weighted by Gasteiger charge is 2.39. The van der Waals surface area contributed by atoms with Crippen LogP contribution in [-0.2, 0) is 4.74 Å². The summed E-state index contributed by atoms with van der Waals surface area (Å²) in [6.45, 7) is 3.48. The van der Waals surface area contributed by atoms with E-state index in [1.165, 1.54) is 18.5 Å². The van der Waals surface area contributed by atoms with Crippen LogP contribution in [0.2, 0.25) is 0 Å². The average Bonchev–Trinajstić information content (AvgIpc) is 3.46. The number of hydrogen-bond acceptors (Lipinski definition) is 5.